The van der Waals surface area contributed by atoms with E-state index in [0.717, 1.165) is 38.5 Å². The van der Waals surface area contributed by atoms with Gasteiger partial charge in [0.2, 0.25) is 0 Å². The van der Waals surface area contributed by atoms with Crippen LogP contribution in [0, 0.1) is 0 Å². The van der Waals surface area contributed by atoms with E-state index in [-0.39, 0.29) is 16.5 Å². The minimum atomic E-state index is -1.13. The van der Waals surface area contributed by atoms with Crippen LogP contribution in [0.4, 0.5) is 17.1 Å². The maximum atomic E-state index is 12.3. The van der Waals surface area contributed by atoms with Crippen molar-refractivity contribution in [3.05, 3.63) is 248 Å². The average molecular weight is 855 g/mol. The zero-order chi connectivity index (χ0) is 64.2. The van der Waals surface area contributed by atoms with E-state index in [1.165, 1.54) is 12.1 Å². The van der Waals surface area contributed by atoms with Crippen molar-refractivity contribution < 1.29 is 38.0 Å². The number of phenols is 1. The number of anilines is 3. The molecule has 0 aliphatic heterocycles. The summed E-state index contributed by atoms with van der Waals surface area (Å²) < 4.78 is 218. The van der Waals surface area contributed by atoms with Crippen molar-refractivity contribution in [3.8, 4) is 55.9 Å². The number of aromatic nitrogens is 1. The van der Waals surface area contributed by atoms with E-state index in [0.29, 0.717) is 11.1 Å². The number of hydrogen-bond donors (Lipinski definition) is 1. The Kier molecular flexibility index (Phi) is 5.06. The highest BCUT2D eigenvalue weighted by molar-refractivity contribution is 6.09. The molecule has 0 aliphatic rings. The molecule has 3 heteroatoms. The van der Waals surface area contributed by atoms with E-state index in [1.54, 1.807) is 12.1 Å². The smallest absolute Gasteiger partial charge is 0.131 e. The molecule has 12 aromatic rings. The van der Waals surface area contributed by atoms with Crippen molar-refractivity contribution in [2.24, 2.45) is 0 Å². The summed E-state index contributed by atoms with van der Waals surface area (Å²) in [5, 5.41) is 12.6. The molecule has 1 aromatic heterocycles. The van der Waals surface area contributed by atoms with Gasteiger partial charge in [-0.2, -0.15) is 0 Å². The highest BCUT2D eigenvalue weighted by Gasteiger charge is 2.17. The Morgan fingerprint density at radius 1 is 0.369 bits per heavy atom. The standard InChI is InChI=1S/C62H42N2O/c65-62-56(19-10-20-57(62)51-26-24-43-12-2-4-14-48(43)40-51)46-31-37-54(38-32-46)63(53-35-29-45(30-36-53)50-25-23-42-11-1-3-13-47(42)39-50)52-33-27-44(28-34-52)49-15-9-16-55(41-49)64-60-21-7-5-17-58(60)59-18-6-8-22-61(59)64/h1-41,65H/i1D,2D,3D,4D,10D,11D,12D,13D,14D,19D,20D,23D,24D,25D,26D,29D,30D,31D,32D,35D,36D,37D,38D,39D. The van der Waals surface area contributed by atoms with Crippen molar-refractivity contribution in [2.75, 3.05) is 4.90 Å². The molecule has 0 bridgehead atoms. The molecule has 0 saturated carbocycles. The average Bonchev–Trinajstić information content (AvgIpc) is 1.46. The van der Waals surface area contributed by atoms with Crippen LogP contribution in [0.1, 0.15) is 32.9 Å². The summed E-state index contributed by atoms with van der Waals surface area (Å²) in [6.07, 6.45) is 0. The van der Waals surface area contributed by atoms with Crippen LogP contribution in [0.3, 0.4) is 0 Å². The zero-order valence-electron chi connectivity index (χ0n) is 57.7. The van der Waals surface area contributed by atoms with E-state index in [9.17, 15) is 17.4 Å². The molecular formula is C62H42N2O. The predicted molar refractivity (Wildman–Crippen MR) is 274 cm³/mol. The monoisotopic (exact) mass is 854 g/mol. The molecule has 306 valence electrons. The van der Waals surface area contributed by atoms with Crippen LogP contribution in [-0.4, -0.2) is 9.67 Å². The van der Waals surface area contributed by atoms with Gasteiger partial charge >= 0.3 is 0 Å². The molecule has 0 unspecified atom stereocenters. The van der Waals surface area contributed by atoms with Crippen LogP contribution in [0.15, 0.2) is 248 Å². The van der Waals surface area contributed by atoms with Gasteiger partial charge in [-0.25, -0.2) is 0 Å². The molecule has 0 fully saturated rings. The van der Waals surface area contributed by atoms with Gasteiger partial charge in [0.1, 0.15) is 5.75 Å². The SMILES string of the molecule is [2H]c1c([2H])c(-c2cc3c([2H])c([2H])c([2H])c([2H])c3c([2H])c2[2H])c(O)c(-c2c([2H])c([2H])c(N(c3ccc(-c4cccc(-n5c6ccccc6c6ccccc65)c4)cc3)c3c([2H])c([2H])c(-c4c([2H])c([2H])c5c([2H])c([2H])c([2H])c([2H])c5c4[2H])c([2H])c3[2H])c([2H])c2[2H])c1[2H]. The van der Waals surface area contributed by atoms with Crippen molar-refractivity contribution in [3.63, 3.8) is 0 Å². The number of fused-ring (bicyclic) bond motifs is 5. The first kappa shape index (κ1) is 20.7. The van der Waals surface area contributed by atoms with Crippen LogP contribution < -0.4 is 4.90 Å². The van der Waals surface area contributed by atoms with Gasteiger partial charge < -0.3 is 14.6 Å². The molecule has 11 aromatic carbocycles. The zero-order valence-corrected chi connectivity index (χ0v) is 33.7. The quantitative estimate of drug-likeness (QED) is 0.165. The van der Waals surface area contributed by atoms with E-state index >= 15 is 0 Å². The number of benzene rings is 11. The van der Waals surface area contributed by atoms with Crippen molar-refractivity contribution in [1.29, 1.82) is 0 Å². The summed E-state index contributed by atoms with van der Waals surface area (Å²) >= 11 is 0. The number of nitrogens with zero attached hydrogens (tertiary/aromatic N) is 2. The molecule has 0 radical (unpaired) electrons. The summed E-state index contributed by atoms with van der Waals surface area (Å²) in [5.74, 6) is -1.13. The number of para-hydroxylation sites is 3. The third-order valence-electron chi connectivity index (χ3n) is 11.0. The Bertz CT molecular complexity index is 5050. The number of rotatable bonds is 8. The molecule has 1 N–H and O–H groups in total. The van der Waals surface area contributed by atoms with Gasteiger partial charge in [0, 0.05) is 44.6 Å². The molecule has 12 rings (SSSR count). The van der Waals surface area contributed by atoms with Crippen LogP contribution >= 0.6 is 0 Å². The molecule has 3 nitrogen and oxygen atoms in total. The van der Waals surface area contributed by atoms with E-state index in [2.05, 4.69) is 4.57 Å². The summed E-state index contributed by atoms with van der Waals surface area (Å²) in [4.78, 5) is 0.915. The summed E-state index contributed by atoms with van der Waals surface area (Å²) in [7, 11) is 0. The van der Waals surface area contributed by atoms with Crippen LogP contribution in [-0.2, 0) is 0 Å². The maximum absolute atomic E-state index is 12.3. The second kappa shape index (κ2) is 15.9. The third-order valence-corrected chi connectivity index (χ3v) is 11.0. The highest BCUT2D eigenvalue weighted by Crippen LogP contribution is 2.42. The first-order valence-electron chi connectivity index (χ1n) is 32.2. The second-order valence-electron chi connectivity index (χ2n) is 14.8. The van der Waals surface area contributed by atoms with Gasteiger partial charge in [0.15, 0.2) is 0 Å². The normalized spacial score (nSPS) is 16.6. The fraction of sp³-hybridized carbons (Fsp3) is 0. The predicted octanol–water partition coefficient (Wildman–Crippen LogP) is 16.9. The van der Waals surface area contributed by atoms with Crippen molar-refractivity contribution in [1.82, 2.24) is 4.57 Å². The number of hydrogen-bond acceptors (Lipinski definition) is 2. The van der Waals surface area contributed by atoms with E-state index in [1.807, 2.05) is 72.8 Å². The largest absolute Gasteiger partial charge is 0.507 e. The molecule has 0 aliphatic carbocycles. The second-order valence-corrected chi connectivity index (χ2v) is 14.8. The topological polar surface area (TPSA) is 28.4 Å². The molecule has 0 amide bonds. The first-order valence-corrected chi connectivity index (χ1v) is 20.2. The Hall–Kier alpha value is -8.66. The first-order chi connectivity index (χ1) is 42.1. The van der Waals surface area contributed by atoms with E-state index in [4.69, 9.17) is 20.6 Å². The Labute approximate surface area is 411 Å². The lowest BCUT2D eigenvalue weighted by Crippen LogP contribution is -2.09. The number of aromatic hydroxyl groups is 1. The lowest BCUT2D eigenvalue weighted by atomic mass is 9.95. The molecule has 0 atom stereocenters. The van der Waals surface area contributed by atoms with E-state index < -0.39 is 206 Å². The molecule has 1 heterocycles. The summed E-state index contributed by atoms with van der Waals surface area (Å²) in [5.41, 5.74) is -1.92. The Morgan fingerprint density at radius 2 is 0.923 bits per heavy atom. The van der Waals surface area contributed by atoms with Crippen LogP contribution in [0.25, 0.3) is 93.5 Å². The lowest BCUT2D eigenvalue weighted by Gasteiger charge is -2.26. The summed E-state index contributed by atoms with van der Waals surface area (Å²) in [6.45, 7) is 0. The van der Waals surface area contributed by atoms with Crippen molar-refractivity contribution >= 4 is 60.4 Å². The molecule has 0 spiro atoms. The van der Waals surface area contributed by atoms with Crippen LogP contribution in [0.5, 0.6) is 5.75 Å². The third kappa shape index (κ3) is 6.87. The Morgan fingerprint density at radius 3 is 1.60 bits per heavy atom. The van der Waals surface area contributed by atoms with Gasteiger partial charge in [0.25, 0.3) is 0 Å². The summed E-state index contributed by atoms with van der Waals surface area (Å²) in [6, 6.07) is 10.2. The van der Waals surface area contributed by atoms with Crippen LogP contribution in [0.2, 0.25) is 0 Å². The fourth-order valence-electron chi connectivity index (χ4n) is 7.94. The van der Waals surface area contributed by atoms with Gasteiger partial charge in [0.05, 0.1) is 43.9 Å². The van der Waals surface area contributed by atoms with Gasteiger partial charge in [-0.05, 0) is 128 Å². The molecular weight excluding hydrogens is 789 g/mol. The minimum absolute atomic E-state index is 0.0892. The fourth-order valence-corrected chi connectivity index (χ4v) is 7.94. The van der Waals surface area contributed by atoms with Gasteiger partial charge in [-0.15, -0.1) is 0 Å². The van der Waals surface area contributed by atoms with Gasteiger partial charge in [-0.3, -0.25) is 0 Å². The van der Waals surface area contributed by atoms with Crippen molar-refractivity contribution in [2.45, 2.75) is 0 Å². The highest BCUT2D eigenvalue weighted by atomic mass is 16.3. The maximum Gasteiger partial charge on any atom is 0.131 e. The minimum Gasteiger partial charge on any atom is -0.507 e. The number of phenolic OH excluding ortho intramolecular Hbond substituents is 1. The lowest BCUT2D eigenvalue weighted by molar-refractivity contribution is 0.479. The molecule has 0 saturated heterocycles. The molecule has 65 heavy (non-hydrogen) atoms. The van der Waals surface area contributed by atoms with Gasteiger partial charge in [-0.1, -0.05) is 175 Å². The Balaban J connectivity index is 1.09.